The molecule has 0 bridgehead atoms. The van der Waals surface area contributed by atoms with E-state index in [9.17, 15) is 9.59 Å². The second kappa shape index (κ2) is 7.62. The summed E-state index contributed by atoms with van der Waals surface area (Å²) in [5.41, 5.74) is -0.477. The van der Waals surface area contributed by atoms with Crippen LogP contribution in [0.25, 0.3) is 0 Å². The lowest BCUT2D eigenvalue weighted by Gasteiger charge is -2.33. The molecule has 6 heteroatoms. The Morgan fingerprint density at radius 1 is 0.889 bits per heavy atom. The largest absolute Gasteiger partial charge is 0.497 e. The van der Waals surface area contributed by atoms with Crippen LogP contribution in [0.1, 0.15) is 53.1 Å². The van der Waals surface area contributed by atoms with Gasteiger partial charge in [0.15, 0.2) is 6.04 Å². The van der Waals surface area contributed by atoms with Crippen molar-refractivity contribution in [1.29, 1.82) is 0 Å². The summed E-state index contributed by atoms with van der Waals surface area (Å²) in [5.74, 6) is 0.230. The van der Waals surface area contributed by atoms with Crippen LogP contribution in [0.15, 0.2) is 36.4 Å². The molecule has 0 saturated heterocycles. The number of methoxy groups -OCH3 is 1. The highest BCUT2D eigenvalue weighted by molar-refractivity contribution is 5.85. The molecule has 0 saturated carbocycles. The molecule has 1 heterocycles. The topological polar surface area (TPSA) is 65.1 Å². The van der Waals surface area contributed by atoms with Crippen LogP contribution in [-0.2, 0) is 14.3 Å². The van der Waals surface area contributed by atoms with Crippen molar-refractivity contribution in [2.45, 2.75) is 64.8 Å². The zero-order valence-corrected chi connectivity index (χ0v) is 17.1. The monoisotopic (exact) mass is 375 g/mol. The second-order valence-electron chi connectivity index (χ2n) is 8.47. The van der Waals surface area contributed by atoms with Crippen LogP contribution in [-0.4, -0.2) is 41.3 Å². The molecule has 0 unspecified atom stereocenters. The molecule has 1 aliphatic heterocycles. The first-order chi connectivity index (χ1) is 12.4. The normalized spacial score (nSPS) is 19.7. The zero-order valence-electron chi connectivity index (χ0n) is 17.1. The minimum absolute atomic E-state index is 0.428. The van der Waals surface area contributed by atoms with Gasteiger partial charge in [-0.3, -0.25) is 4.90 Å². The molecule has 0 fully saturated rings. The van der Waals surface area contributed by atoms with Gasteiger partial charge in [-0.05, 0) is 59.2 Å². The van der Waals surface area contributed by atoms with E-state index in [2.05, 4.69) is 0 Å². The van der Waals surface area contributed by atoms with E-state index in [4.69, 9.17) is 14.2 Å². The Morgan fingerprint density at radius 2 is 1.44 bits per heavy atom. The Kier molecular flexibility index (Phi) is 5.88. The van der Waals surface area contributed by atoms with E-state index >= 15 is 0 Å². The maximum atomic E-state index is 12.9. The minimum atomic E-state index is -0.842. The summed E-state index contributed by atoms with van der Waals surface area (Å²) in [4.78, 5) is 27.0. The minimum Gasteiger partial charge on any atom is -0.497 e. The SMILES string of the molecule is COc1ccc([C@@H]2C=C[C@@H](C(=O)OC(C)(C)C)N2C(=O)OC(C)(C)C)cc1. The van der Waals surface area contributed by atoms with Gasteiger partial charge in [-0.2, -0.15) is 0 Å². The van der Waals surface area contributed by atoms with Crippen molar-refractivity contribution in [2.24, 2.45) is 0 Å². The van der Waals surface area contributed by atoms with Gasteiger partial charge < -0.3 is 14.2 Å². The number of rotatable bonds is 3. The van der Waals surface area contributed by atoms with Crippen molar-refractivity contribution in [3.05, 3.63) is 42.0 Å². The number of amides is 1. The van der Waals surface area contributed by atoms with Crippen molar-refractivity contribution < 1.29 is 23.8 Å². The van der Waals surface area contributed by atoms with Gasteiger partial charge in [0.05, 0.1) is 13.2 Å². The molecule has 0 N–H and O–H groups in total. The predicted octanol–water partition coefficient (Wildman–Crippen LogP) is 4.25. The molecule has 6 nitrogen and oxygen atoms in total. The third kappa shape index (κ3) is 5.49. The van der Waals surface area contributed by atoms with Crippen LogP contribution in [0.5, 0.6) is 5.75 Å². The molecule has 2 atom stereocenters. The summed E-state index contributed by atoms with van der Waals surface area (Å²) >= 11 is 0. The maximum absolute atomic E-state index is 12.9. The summed E-state index contributed by atoms with van der Waals surface area (Å²) in [6.07, 6.45) is 2.94. The second-order valence-corrected chi connectivity index (χ2v) is 8.47. The quantitative estimate of drug-likeness (QED) is 0.584. The summed E-state index contributed by atoms with van der Waals surface area (Å²) in [6, 6.07) is 6.09. The molecule has 148 valence electrons. The Hall–Kier alpha value is -2.50. The van der Waals surface area contributed by atoms with Crippen LogP contribution >= 0.6 is 0 Å². The average Bonchev–Trinajstić information content (AvgIpc) is 2.97. The van der Waals surface area contributed by atoms with Crippen LogP contribution in [0, 0.1) is 0 Å². The number of hydrogen-bond donors (Lipinski definition) is 0. The molecule has 0 radical (unpaired) electrons. The van der Waals surface area contributed by atoms with Gasteiger partial charge >= 0.3 is 12.1 Å². The van der Waals surface area contributed by atoms with Gasteiger partial charge in [-0.25, -0.2) is 9.59 Å². The lowest BCUT2D eigenvalue weighted by molar-refractivity contribution is -0.159. The lowest BCUT2D eigenvalue weighted by atomic mass is 10.1. The van der Waals surface area contributed by atoms with E-state index in [1.807, 2.05) is 30.3 Å². The molecule has 0 aromatic heterocycles. The van der Waals surface area contributed by atoms with Crippen molar-refractivity contribution >= 4 is 12.1 Å². The maximum Gasteiger partial charge on any atom is 0.412 e. The summed E-state index contributed by atoms with van der Waals surface area (Å²) in [7, 11) is 1.59. The first-order valence-corrected chi connectivity index (χ1v) is 8.98. The van der Waals surface area contributed by atoms with Crippen molar-refractivity contribution in [3.63, 3.8) is 0 Å². The Balaban J connectivity index is 2.33. The number of hydrogen-bond acceptors (Lipinski definition) is 5. The summed E-state index contributed by atoms with van der Waals surface area (Å²) in [6.45, 7) is 10.8. The highest BCUT2D eigenvalue weighted by atomic mass is 16.6. The van der Waals surface area contributed by atoms with E-state index in [1.54, 1.807) is 54.7 Å². The summed E-state index contributed by atoms with van der Waals surface area (Å²) < 4.78 is 16.2. The fourth-order valence-electron chi connectivity index (χ4n) is 2.74. The molecular formula is C21H29NO5. The highest BCUT2D eigenvalue weighted by Gasteiger charge is 2.41. The molecule has 27 heavy (non-hydrogen) atoms. The van der Waals surface area contributed by atoms with E-state index in [0.29, 0.717) is 5.75 Å². The Morgan fingerprint density at radius 3 is 1.93 bits per heavy atom. The fourth-order valence-corrected chi connectivity index (χ4v) is 2.74. The smallest absolute Gasteiger partial charge is 0.412 e. The molecule has 0 aliphatic carbocycles. The molecule has 0 spiro atoms. The molecule has 1 aliphatic rings. The molecule has 2 rings (SSSR count). The number of nitrogens with zero attached hydrogens (tertiary/aromatic N) is 1. The molecule has 1 amide bonds. The van der Waals surface area contributed by atoms with Gasteiger partial charge in [0.25, 0.3) is 0 Å². The number of benzene rings is 1. The molecule has 1 aromatic rings. The molecule has 1 aromatic carbocycles. The first kappa shape index (κ1) is 20.8. The highest BCUT2D eigenvalue weighted by Crippen LogP contribution is 2.34. The van der Waals surface area contributed by atoms with Crippen molar-refractivity contribution in [2.75, 3.05) is 7.11 Å². The fraction of sp³-hybridized carbons (Fsp3) is 0.524. The Bertz CT molecular complexity index is 710. The van der Waals surface area contributed by atoms with Gasteiger partial charge in [0.2, 0.25) is 0 Å². The predicted molar refractivity (Wildman–Crippen MR) is 103 cm³/mol. The lowest BCUT2D eigenvalue weighted by Crippen LogP contribution is -2.46. The van der Waals surface area contributed by atoms with Gasteiger partial charge in [-0.1, -0.05) is 24.3 Å². The van der Waals surface area contributed by atoms with Gasteiger partial charge in [0.1, 0.15) is 17.0 Å². The van der Waals surface area contributed by atoms with Crippen LogP contribution < -0.4 is 4.74 Å². The molecular weight excluding hydrogens is 346 g/mol. The van der Waals surface area contributed by atoms with Gasteiger partial charge in [-0.15, -0.1) is 0 Å². The third-order valence-corrected chi connectivity index (χ3v) is 3.78. The Labute approximate surface area is 161 Å². The zero-order chi connectivity index (χ0) is 20.4. The number of ether oxygens (including phenoxy) is 3. The summed E-state index contributed by atoms with van der Waals surface area (Å²) in [5, 5.41) is 0. The average molecular weight is 375 g/mol. The van der Waals surface area contributed by atoms with Crippen LogP contribution in [0.3, 0.4) is 0 Å². The number of carbonyl (C=O) groups excluding carboxylic acids is 2. The third-order valence-electron chi connectivity index (χ3n) is 3.78. The van der Waals surface area contributed by atoms with Crippen LogP contribution in [0.2, 0.25) is 0 Å². The van der Waals surface area contributed by atoms with Gasteiger partial charge in [0, 0.05) is 0 Å². The van der Waals surface area contributed by atoms with E-state index < -0.39 is 35.3 Å². The van der Waals surface area contributed by atoms with E-state index in [0.717, 1.165) is 5.56 Å². The van der Waals surface area contributed by atoms with E-state index in [-0.39, 0.29) is 0 Å². The van der Waals surface area contributed by atoms with Crippen molar-refractivity contribution in [3.8, 4) is 5.75 Å². The van der Waals surface area contributed by atoms with E-state index in [1.165, 1.54) is 4.90 Å². The first-order valence-electron chi connectivity index (χ1n) is 8.98. The van der Waals surface area contributed by atoms with Crippen molar-refractivity contribution in [1.82, 2.24) is 4.90 Å². The van der Waals surface area contributed by atoms with Crippen LogP contribution in [0.4, 0.5) is 4.79 Å². The number of carbonyl (C=O) groups is 2. The standard InChI is InChI=1S/C21H29NO5/c1-20(2,3)26-18(23)17-13-12-16(14-8-10-15(25-7)11-9-14)22(17)19(24)27-21(4,5)6/h8-13,16-17H,1-7H3/t16-,17-/m0/s1. The number of esters is 1.